The maximum Gasteiger partial charge on any atom is 0.335 e. The van der Waals surface area contributed by atoms with E-state index in [0.717, 1.165) is 0 Å². The lowest BCUT2D eigenvalue weighted by Gasteiger charge is -2.11. The van der Waals surface area contributed by atoms with E-state index in [4.69, 9.17) is 14.6 Å². The molecule has 21 heavy (non-hydrogen) atoms. The van der Waals surface area contributed by atoms with Gasteiger partial charge in [-0.1, -0.05) is 6.07 Å². The molecule has 7 heteroatoms. The van der Waals surface area contributed by atoms with Gasteiger partial charge in [0.2, 0.25) is 0 Å². The van der Waals surface area contributed by atoms with E-state index in [-0.39, 0.29) is 22.8 Å². The van der Waals surface area contributed by atoms with Crippen molar-refractivity contribution in [2.45, 2.75) is 18.7 Å². The van der Waals surface area contributed by atoms with Crippen molar-refractivity contribution in [1.29, 1.82) is 0 Å². The standard InChI is InChI=1S/C14H20O6S/c1-10-8-11(2)13(9-12(10)14(15)16)21(17,18)7-6-20-5-4-19-3/h8-9H,4-7H2,1-3H3,(H,15,16). The van der Waals surface area contributed by atoms with E-state index in [1.165, 1.54) is 13.2 Å². The summed E-state index contributed by atoms with van der Waals surface area (Å²) in [6.07, 6.45) is 0. The lowest BCUT2D eigenvalue weighted by Crippen LogP contribution is -2.16. The van der Waals surface area contributed by atoms with Crippen molar-refractivity contribution in [2.75, 3.05) is 32.7 Å². The molecule has 1 aromatic rings. The molecule has 118 valence electrons. The van der Waals surface area contributed by atoms with Crippen molar-refractivity contribution in [3.63, 3.8) is 0 Å². The van der Waals surface area contributed by atoms with Gasteiger partial charge in [0.1, 0.15) is 0 Å². The average molecular weight is 316 g/mol. The van der Waals surface area contributed by atoms with E-state index in [9.17, 15) is 13.2 Å². The van der Waals surface area contributed by atoms with Gasteiger partial charge in [-0.25, -0.2) is 13.2 Å². The molecular weight excluding hydrogens is 296 g/mol. The van der Waals surface area contributed by atoms with E-state index in [1.807, 2.05) is 0 Å². The summed E-state index contributed by atoms with van der Waals surface area (Å²) in [7, 11) is -2.05. The first-order valence-corrected chi connectivity index (χ1v) is 8.09. The Bertz CT molecular complexity index is 606. The molecule has 0 unspecified atom stereocenters. The second-order valence-corrected chi connectivity index (χ2v) is 6.74. The SMILES string of the molecule is COCCOCCS(=O)(=O)c1cc(C(=O)O)c(C)cc1C. The van der Waals surface area contributed by atoms with Crippen LogP contribution in [-0.2, 0) is 19.3 Å². The molecule has 0 bridgehead atoms. The minimum Gasteiger partial charge on any atom is -0.478 e. The third-order valence-electron chi connectivity index (χ3n) is 3.02. The fourth-order valence-corrected chi connectivity index (χ4v) is 3.32. The average Bonchev–Trinajstić information content (AvgIpc) is 2.37. The zero-order chi connectivity index (χ0) is 16.0. The molecule has 0 aromatic heterocycles. The minimum absolute atomic E-state index is 0.000485. The molecule has 1 aromatic carbocycles. The number of sulfone groups is 1. The summed E-state index contributed by atoms with van der Waals surface area (Å²) >= 11 is 0. The molecule has 0 aliphatic carbocycles. The molecule has 0 aliphatic rings. The smallest absolute Gasteiger partial charge is 0.335 e. The quantitative estimate of drug-likeness (QED) is 0.730. The Morgan fingerprint density at radius 3 is 2.38 bits per heavy atom. The predicted molar refractivity (Wildman–Crippen MR) is 77.6 cm³/mol. The Balaban J connectivity index is 2.92. The van der Waals surface area contributed by atoms with Crippen LogP contribution in [0.15, 0.2) is 17.0 Å². The molecule has 0 amide bonds. The number of hydrogen-bond donors (Lipinski definition) is 1. The van der Waals surface area contributed by atoms with E-state index in [1.54, 1.807) is 19.9 Å². The summed E-state index contributed by atoms with van der Waals surface area (Å²) in [6, 6.07) is 2.79. The normalized spacial score (nSPS) is 11.6. The van der Waals surface area contributed by atoms with Gasteiger partial charge < -0.3 is 14.6 Å². The summed E-state index contributed by atoms with van der Waals surface area (Å²) in [5, 5.41) is 9.09. The number of carboxylic acids is 1. The van der Waals surface area contributed by atoms with Crippen molar-refractivity contribution < 1.29 is 27.8 Å². The van der Waals surface area contributed by atoms with E-state index in [0.29, 0.717) is 24.3 Å². The molecular formula is C14H20O6S. The van der Waals surface area contributed by atoms with E-state index < -0.39 is 15.8 Å². The van der Waals surface area contributed by atoms with Crippen molar-refractivity contribution in [3.8, 4) is 0 Å². The van der Waals surface area contributed by atoms with Crippen LogP contribution in [-0.4, -0.2) is 52.2 Å². The van der Waals surface area contributed by atoms with Gasteiger partial charge in [-0.2, -0.15) is 0 Å². The number of hydrogen-bond acceptors (Lipinski definition) is 5. The van der Waals surface area contributed by atoms with Crippen LogP contribution in [0.25, 0.3) is 0 Å². The topological polar surface area (TPSA) is 89.9 Å². The third kappa shape index (κ3) is 4.80. The van der Waals surface area contributed by atoms with Gasteiger partial charge in [0.25, 0.3) is 0 Å². The van der Waals surface area contributed by atoms with Crippen LogP contribution in [0.5, 0.6) is 0 Å². The summed E-state index contributed by atoms with van der Waals surface area (Å²) in [6.45, 7) is 4.05. The van der Waals surface area contributed by atoms with Crippen molar-refractivity contribution in [3.05, 3.63) is 28.8 Å². The van der Waals surface area contributed by atoms with Gasteiger partial charge >= 0.3 is 5.97 Å². The second-order valence-electron chi connectivity index (χ2n) is 4.66. The number of methoxy groups -OCH3 is 1. The highest BCUT2D eigenvalue weighted by Crippen LogP contribution is 2.21. The van der Waals surface area contributed by atoms with Crippen molar-refractivity contribution in [1.82, 2.24) is 0 Å². The number of benzene rings is 1. The van der Waals surface area contributed by atoms with Gasteiger partial charge in [0.15, 0.2) is 9.84 Å². The van der Waals surface area contributed by atoms with Crippen LogP contribution in [0.2, 0.25) is 0 Å². The van der Waals surface area contributed by atoms with E-state index in [2.05, 4.69) is 0 Å². The van der Waals surface area contributed by atoms with E-state index >= 15 is 0 Å². The summed E-state index contributed by atoms with van der Waals surface area (Å²) in [5.41, 5.74) is 1.07. The maximum absolute atomic E-state index is 12.3. The Hall–Kier alpha value is -1.44. The van der Waals surface area contributed by atoms with Gasteiger partial charge in [-0.05, 0) is 31.0 Å². The Morgan fingerprint density at radius 2 is 1.81 bits per heavy atom. The Kier molecular flexibility index (Phi) is 6.32. The predicted octanol–water partition coefficient (Wildman–Crippen LogP) is 1.44. The molecule has 0 fully saturated rings. The first-order chi connectivity index (χ1) is 9.79. The van der Waals surface area contributed by atoms with Gasteiger partial charge in [-0.15, -0.1) is 0 Å². The molecule has 6 nitrogen and oxygen atoms in total. The van der Waals surface area contributed by atoms with Crippen LogP contribution < -0.4 is 0 Å². The first-order valence-electron chi connectivity index (χ1n) is 6.43. The fraction of sp³-hybridized carbons (Fsp3) is 0.500. The monoisotopic (exact) mass is 316 g/mol. The second kappa shape index (κ2) is 7.53. The molecule has 0 aliphatic heterocycles. The van der Waals surface area contributed by atoms with Gasteiger partial charge in [0.05, 0.1) is 36.0 Å². The van der Waals surface area contributed by atoms with Crippen LogP contribution >= 0.6 is 0 Å². The summed E-state index contributed by atoms with van der Waals surface area (Å²) in [5.74, 6) is -1.33. The summed E-state index contributed by atoms with van der Waals surface area (Å²) in [4.78, 5) is 11.2. The third-order valence-corrected chi connectivity index (χ3v) is 4.83. The van der Waals surface area contributed by atoms with Crippen LogP contribution in [0, 0.1) is 13.8 Å². The lowest BCUT2D eigenvalue weighted by molar-refractivity contribution is 0.0696. The highest BCUT2D eigenvalue weighted by molar-refractivity contribution is 7.91. The number of carboxylic acid groups (broad SMARTS) is 1. The highest BCUT2D eigenvalue weighted by Gasteiger charge is 2.20. The number of aryl methyl sites for hydroxylation is 2. The van der Waals surface area contributed by atoms with Gasteiger partial charge in [0, 0.05) is 7.11 Å². The number of ether oxygens (including phenoxy) is 2. The minimum atomic E-state index is -3.58. The number of aromatic carboxylic acids is 1. The molecule has 0 saturated carbocycles. The summed E-state index contributed by atoms with van der Waals surface area (Å²) < 4.78 is 34.5. The zero-order valence-corrected chi connectivity index (χ0v) is 13.2. The van der Waals surface area contributed by atoms with Crippen LogP contribution in [0.4, 0.5) is 0 Å². The first kappa shape index (κ1) is 17.6. The molecule has 0 heterocycles. The number of rotatable bonds is 8. The van der Waals surface area contributed by atoms with Crippen LogP contribution in [0.1, 0.15) is 21.5 Å². The van der Waals surface area contributed by atoms with Gasteiger partial charge in [-0.3, -0.25) is 0 Å². The molecule has 1 N–H and O–H groups in total. The molecule has 0 radical (unpaired) electrons. The Morgan fingerprint density at radius 1 is 1.14 bits per heavy atom. The maximum atomic E-state index is 12.3. The highest BCUT2D eigenvalue weighted by atomic mass is 32.2. The van der Waals surface area contributed by atoms with Crippen LogP contribution in [0.3, 0.4) is 0 Å². The number of carbonyl (C=O) groups is 1. The Labute approximate surface area is 124 Å². The molecule has 0 saturated heterocycles. The largest absolute Gasteiger partial charge is 0.478 e. The molecule has 0 spiro atoms. The lowest BCUT2D eigenvalue weighted by atomic mass is 10.1. The van der Waals surface area contributed by atoms with Crippen molar-refractivity contribution >= 4 is 15.8 Å². The zero-order valence-electron chi connectivity index (χ0n) is 12.4. The molecule has 1 rings (SSSR count). The van der Waals surface area contributed by atoms with Crippen molar-refractivity contribution in [2.24, 2.45) is 0 Å². The fourth-order valence-electron chi connectivity index (χ4n) is 1.92. The molecule has 0 atom stereocenters.